The molecule has 1 aromatic heterocycles. The van der Waals surface area contributed by atoms with Crippen LogP contribution in [-0.2, 0) is 10.3 Å². The Morgan fingerprint density at radius 3 is 2.38 bits per heavy atom. The molecule has 3 aromatic rings. The zero-order chi connectivity index (χ0) is 22.9. The van der Waals surface area contributed by atoms with Crippen molar-refractivity contribution < 1.29 is 9.18 Å². The Labute approximate surface area is 190 Å². The topological polar surface area (TPSA) is 38.1 Å². The lowest BCUT2D eigenvalue weighted by atomic mass is 9.79. The third-order valence-electron chi connectivity index (χ3n) is 7.11. The van der Waals surface area contributed by atoms with Crippen LogP contribution in [0.2, 0.25) is 0 Å². The van der Waals surface area contributed by atoms with Gasteiger partial charge < -0.3 is 9.47 Å². The van der Waals surface area contributed by atoms with Gasteiger partial charge in [0.05, 0.1) is 5.54 Å². The Kier molecular flexibility index (Phi) is 6.18. The second-order valence-electron chi connectivity index (χ2n) is 8.85. The van der Waals surface area contributed by atoms with Crippen molar-refractivity contribution in [2.45, 2.75) is 71.0 Å². The lowest BCUT2D eigenvalue weighted by Crippen LogP contribution is -2.45. The van der Waals surface area contributed by atoms with E-state index in [-0.39, 0.29) is 23.8 Å². The smallest absolute Gasteiger partial charge is 0.223 e. The monoisotopic (exact) mass is 433 g/mol. The van der Waals surface area contributed by atoms with Gasteiger partial charge in [0.15, 0.2) is 0 Å². The number of aromatic nitrogens is 2. The molecule has 1 aliphatic heterocycles. The molecular weight excluding hydrogens is 401 g/mol. The van der Waals surface area contributed by atoms with Crippen LogP contribution < -0.4 is 0 Å². The highest BCUT2D eigenvalue weighted by Gasteiger charge is 2.45. The number of carbonyl (C=O) groups excluding carboxylic acids is 1. The Balaban J connectivity index is 1.78. The van der Waals surface area contributed by atoms with Crippen LogP contribution in [0.4, 0.5) is 4.39 Å². The number of nitrogens with zero attached hydrogens (tertiary/aromatic N) is 3. The van der Waals surface area contributed by atoms with Crippen LogP contribution in [-0.4, -0.2) is 32.4 Å². The predicted octanol–water partition coefficient (Wildman–Crippen LogP) is 6.00. The number of benzene rings is 2. The number of rotatable bonds is 8. The third kappa shape index (κ3) is 3.54. The Morgan fingerprint density at radius 2 is 1.72 bits per heavy atom. The summed E-state index contributed by atoms with van der Waals surface area (Å²) in [5.74, 6) is 0.788. The standard InChI is InChI=1S/C27H32FN3O/c1-5-19(3)31(20(4)6-2)25(32)15-16-27(21-11-13-22(28)14-12-21)24-10-8-7-9-23(24)26-29-17-18-30(26)27/h7-14,17-20H,5-6,15-16H2,1-4H3. The van der Waals surface area contributed by atoms with Crippen LogP contribution >= 0.6 is 0 Å². The van der Waals surface area contributed by atoms with E-state index in [0.29, 0.717) is 12.8 Å². The van der Waals surface area contributed by atoms with E-state index in [1.807, 2.05) is 35.4 Å². The maximum atomic E-state index is 13.8. The van der Waals surface area contributed by atoms with Crippen molar-refractivity contribution in [1.82, 2.24) is 14.5 Å². The molecule has 1 aliphatic rings. The number of imidazole rings is 1. The van der Waals surface area contributed by atoms with Crippen molar-refractivity contribution in [2.24, 2.45) is 0 Å². The molecule has 3 unspecified atom stereocenters. The molecule has 32 heavy (non-hydrogen) atoms. The van der Waals surface area contributed by atoms with Crippen molar-refractivity contribution in [3.63, 3.8) is 0 Å². The summed E-state index contributed by atoms with van der Waals surface area (Å²) in [4.78, 5) is 20.2. The summed E-state index contributed by atoms with van der Waals surface area (Å²) >= 11 is 0. The lowest BCUT2D eigenvalue weighted by molar-refractivity contribution is -0.136. The van der Waals surface area contributed by atoms with Crippen molar-refractivity contribution in [3.8, 4) is 11.4 Å². The van der Waals surface area contributed by atoms with Gasteiger partial charge >= 0.3 is 0 Å². The van der Waals surface area contributed by atoms with E-state index in [4.69, 9.17) is 0 Å². The fourth-order valence-electron chi connectivity index (χ4n) is 5.14. The highest BCUT2D eigenvalue weighted by Crippen LogP contribution is 2.49. The van der Waals surface area contributed by atoms with Gasteiger partial charge in [0.2, 0.25) is 5.91 Å². The highest BCUT2D eigenvalue weighted by molar-refractivity contribution is 5.78. The molecular formula is C27H32FN3O. The summed E-state index contributed by atoms with van der Waals surface area (Å²) in [6, 6.07) is 15.3. The molecule has 1 amide bonds. The summed E-state index contributed by atoms with van der Waals surface area (Å²) in [6.45, 7) is 8.49. The van der Waals surface area contributed by atoms with Gasteiger partial charge in [0, 0.05) is 36.5 Å². The summed E-state index contributed by atoms with van der Waals surface area (Å²) < 4.78 is 16.0. The number of hydrogen-bond donors (Lipinski definition) is 0. The molecule has 0 aliphatic carbocycles. The molecule has 0 bridgehead atoms. The third-order valence-corrected chi connectivity index (χ3v) is 7.11. The maximum absolute atomic E-state index is 13.8. The number of amides is 1. The highest BCUT2D eigenvalue weighted by atomic mass is 19.1. The quantitative estimate of drug-likeness (QED) is 0.437. The minimum Gasteiger partial charge on any atom is -0.337 e. The molecule has 2 heterocycles. The Bertz CT molecular complexity index is 1080. The van der Waals surface area contributed by atoms with Crippen molar-refractivity contribution in [1.29, 1.82) is 0 Å². The van der Waals surface area contributed by atoms with Crippen LogP contribution in [0.15, 0.2) is 60.9 Å². The zero-order valence-electron chi connectivity index (χ0n) is 19.4. The predicted molar refractivity (Wildman–Crippen MR) is 126 cm³/mol. The zero-order valence-corrected chi connectivity index (χ0v) is 19.4. The minimum absolute atomic E-state index is 0.168. The van der Waals surface area contributed by atoms with Crippen LogP contribution in [0.3, 0.4) is 0 Å². The normalized spacial score (nSPS) is 18.7. The number of carbonyl (C=O) groups is 1. The van der Waals surface area contributed by atoms with Crippen LogP contribution in [0.25, 0.3) is 11.4 Å². The van der Waals surface area contributed by atoms with Crippen molar-refractivity contribution in [2.75, 3.05) is 0 Å². The van der Waals surface area contributed by atoms with Gasteiger partial charge in [-0.3, -0.25) is 4.79 Å². The molecule has 5 heteroatoms. The number of hydrogen-bond acceptors (Lipinski definition) is 2. The van der Waals surface area contributed by atoms with E-state index in [2.05, 4.69) is 49.4 Å². The van der Waals surface area contributed by atoms with Gasteiger partial charge in [-0.2, -0.15) is 0 Å². The van der Waals surface area contributed by atoms with E-state index < -0.39 is 5.54 Å². The van der Waals surface area contributed by atoms with E-state index in [0.717, 1.165) is 35.4 Å². The van der Waals surface area contributed by atoms with Crippen molar-refractivity contribution >= 4 is 5.91 Å². The van der Waals surface area contributed by atoms with Gasteiger partial charge in [0.1, 0.15) is 11.6 Å². The van der Waals surface area contributed by atoms with E-state index in [9.17, 15) is 9.18 Å². The maximum Gasteiger partial charge on any atom is 0.223 e. The van der Waals surface area contributed by atoms with Crippen LogP contribution in [0.5, 0.6) is 0 Å². The van der Waals surface area contributed by atoms with Crippen LogP contribution in [0, 0.1) is 5.82 Å². The molecule has 0 fully saturated rings. The van der Waals surface area contributed by atoms with Crippen LogP contribution in [0.1, 0.15) is 64.5 Å². The minimum atomic E-state index is -0.595. The van der Waals surface area contributed by atoms with E-state index >= 15 is 0 Å². The molecule has 168 valence electrons. The van der Waals surface area contributed by atoms with Gasteiger partial charge in [-0.1, -0.05) is 50.2 Å². The number of halogens is 1. The first-order valence-electron chi connectivity index (χ1n) is 11.6. The average Bonchev–Trinajstić information content (AvgIpc) is 3.39. The number of fused-ring (bicyclic) bond motifs is 3. The van der Waals surface area contributed by atoms with E-state index in [1.54, 1.807) is 6.20 Å². The first-order chi connectivity index (χ1) is 15.4. The molecule has 0 saturated heterocycles. The molecule has 0 spiro atoms. The molecule has 3 atom stereocenters. The molecule has 0 radical (unpaired) electrons. The van der Waals surface area contributed by atoms with E-state index in [1.165, 1.54) is 12.1 Å². The summed E-state index contributed by atoms with van der Waals surface area (Å²) in [5.41, 5.74) is 2.55. The fourth-order valence-corrected chi connectivity index (χ4v) is 5.14. The summed E-state index contributed by atoms with van der Waals surface area (Å²) in [5, 5.41) is 0. The fraction of sp³-hybridized carbons (Fsp3) is 0.407. The largest absolute Gasteiger partial charge is 0.337 e. The van der Waals surface area contributed by atoms with Gasteiger partial charge in [-0.15, -0.1) is 0 Å². The first kappa shape index (κ1) is 22.3. The van der Waals surface area contributed by atoms with Crippen molar-refractivity contribution in [3.05, 3.63) is 77.9 Å². The second-order valence-corrected chi connectivity index (χ2v) is 8.85. The SMILES string of the molecule is CCC(C)N(C(=O)CCC1(c2ccc(F)cc2)c2ccccc2-c2nccn21)C(C)CC. The lowest BCUT2D eigenvalue weighted by Gasteiger charge is -2.37. The Hall–Kier alpha value is -2.95. The summed E-state index contributed by atoms with van der Waals surface area (Å²) in [7, 11) is 0. The first-order valence-corrected chi connectivity index (χ1v) is 11.6. The van der Waals surface area contributed by atoms with Gasteiger partial charge in [-0.05, 0) is 56.4 Å². The average molecular weight is 434 g/mol. The van der Waals surface area contributed by atoms with Gasteiger partial charge in [0.25, 0.3) is 0 Å². The molecule has 4 rings (SSSR count). The molecule has 2 aromatic carbocycles. The molecule has 0 N–H and O–H groups in total. The summed E-state index contributed by atoms with van der Waals surface area (Å²) in [6.07, 6.45) is 6.61. The molecule has 0 saturated carbocycles. The molecule has 4 nitrogen and oxygen atoms in total. The van der Waals surface area contributed by atoms with Gasteiger partial charge in [-0.25, -0.2) is 9.37 Å². The Morgan fingerprint density at radius 1 is 1.06 bits per heavy atom. The second kappa shape index (κ2) is 8.89.